The van der Waals surface area contributed by atoms with E-state index in [0.29, 0.717) is 55.3 Å². The minimum absolute atomic E-state index is 0. The Morgan fingerprint density at radius 1 is 1.11 bits per heavy atom. The summed E-state index contributed by atoms with van der Waals surface area (Å²) in [5, 5.41) is 4.25. The Morgan fingerprint density at radius 2 is 1.89 bits per heavy atom. The molecule has 0 aliphatic heterocycles. The fourth-order valence-corrected chi connectivity index (χ4v) is 6.89. The Hall–Kier alpha value is -0.940. The van der Waals surface area contributed by atoms with Gasteiger partial charge in [0.05, 0.1) is 5.71 Å². The highest BCUT2D eigenvalue weighted by atomic mass is 35.5. The van der Waals surface area contributed by atoms with Crippen molar-refractivity contribution in [1.29, 1.82) is 0 Å². The van der Waals surface area contributed by atoms with E-state index < -0.39 is 0 Å². The van der Waals surface area contributed by atoms with Crippen LogP contribution in [0, 0.1) is 34.5 Å². The summed E-state index contributed by atoms with van der Waals surface area (Å²) in [6.45, 7) is 5.39. The summed E-state index contributed by atoms with van der Waals surface area (Å²) in [6.07, 6.45) is 7.13. The Balaban J connectivity index is 0.00000210. The fourth-order valence-electron chi connectivity index (χ4n) is 6.89. The van der Waals surface area contributed by atoms with Crippen LogP contribution in [-0.2, 0) is 14.4 Å². The van der Waals surface area contributed by atoms with Crippen molar-refractivity contribution in [3.05, 3.63) is 0 Å². The number of oxime groups is 1. The second-order valence-corrected chi connectivity index (χ2v) is 9.51. The monoisotopic (exact) mass is 396 g/mol. The minimum atomic E-state index is -0.165. The average Bonchev–Trinajstić information content (AvgIpc) is 2.92. The lowest BCUT2D eigenvalue weighted by Gasteiger charge is -2.58. The van der Waals surface area contributed by atoms with E-state index in [0.717, 1.165) is 44.2 Å². The zero-order chi connectivity index (χ0) is 18.5. The van der Waals surface area contributed by atoms with Gasteiger partial charge in [0, 0.05) is 30.7 Å². The van der Waals surface area contributed by atoms with E-state index in [4.69, 9.17) is 10.6 Å². The maximum Gasteiger partial charge on any atom is 0.139 e. The Labute approximate surface area is 168 Å². The fraction of sp³-hybridized carbons (Fsp3) is 0.857. The summed E-state index contributed by atoms with van der Waals surface area (Å²) < 4.78 is 0. The minimum Gasteiger partial charge on any atom is -0.395 e. The van der Waals surface area contributed by atoms with Crippen molar-refractivity contribution < 1.29 is 14.4 Å². The largest absolute Gasteiger partial charge is 0.395 e. The molecule has 0 saturated heterocycles. The van der Waals surface area contributed by atoms with Gasteiger partial charge in [-0.05, 0) is 61.7 Å². The summed E-state index contributed by atoms with van der Waals surface area (Å²) >= 11 is 0. The van der Waals surface area contributed by atoms with E-state index in [1.807, 2.05) is 0 Å². The van der Waals surface area contributed by atoms with E-state index in [1.165, 1.54) is 0 Å². The third-order valence-electron chi connectivity index (χ3n) is 8.41. The molecule has 6 heteroatoms. The maximum atomic E-state index is 13.1. The second kappa shape index (κ2) is 7.47. The zero-order valence-corrected chi connectivity index (χ0v) is 17.4. The predicted octanol–water partition coefficient (Wildman–Crippen LogP) is 3.53. The molecular formula is C21H33ClN2O3. The lowest BCUT2D eigenvalue weighted by atomic mass is 9.45. The number of halogens is 1. The molecule has 0 bridgehead atoms. The normalized spacial score (nSPS) is 44.9. The Morgan fingerprint density at radius 3 is 2.63 bits per heavy atom. The van der Waals surface area contributed by atoms with Crippen LogP contribution in [0.5, 0.6) is 0 Å². The number of nitrogens with two attached hydrogens (primary N) is 1. The molecule has 4 saturated carbocycles. The van der Waals surface area contributed by atoms with Crippen molar-refractivity contribution in [2.75, 3.05) is 13.2 Å². The molecule has 0 heterocycles. The summed E-state index contributed by atoms with van der Waals surface area (Å²) in [7, 11) is 0. The van der Waals surface area contributed by atoms with Gasteiger partial charge in [0.25, 0.3) is 0 Å². The van der Waals surface area contributed by atoms with Crippen LogP contribution in [0.15, 0.2) is 5.16 Å². The third kappa shape index (κ3) is 3.15. The van der Waals surface area contributed by atoms with Gasteiger partial charge in [-0.25, -0.2) is 0 Å². The Kier molecular flexibility index (Phi) is 5.75. The first-order chi connectivity index (χ1) is 12.4. The molecule has 0 aromatic rings. The van der Waals surface area contributed by atoms with Gasteiger partial charge in [-0.2, -0.15) is 0 Å². The number of hydrogen-bond donors (Lipinski definition) is 1. The summed E-state index contributed by atoms with van der Waals surface area (Å²) in [4.78, 5) is 30.9. The van der Waals surface area contributed by atoms with Gasteiger partial charge in [0.1, 0.15) is 18.2 Å². The number of rotatable bonds is 3. The number of Topliss-reactive ketones (excluding diaryl/α,β-unsaturated/α-hetero) is 2. The average molecular weight is 397 g/mol. The molecule has 0 radical (unpaired) electrons. The molecular weight excluding hydrogens is 364 g/mol. The number of ketones is 2. The molecule has 0 aromatic heterocycles. The first-order valence-corrected chi connectivity index (χ1v) is 10.3. The summed E-state index contributed by atoms with van der Waals surface area (Å²) in [5.41, 5.74) is 6.37. The van der Waals surface area contributed by atoms with E-state index >= 15 is 0 Å². The topological polar surface area (TPSA) is 81.8 Å². The first-order valence-electron chi connectivity index (χ1n) is 10.3. The second-order valence-electron chi connectivity index (χ2n) is 9.51. The molecule has 0 aromatic carbocycles. The number of carbonyl (C=O) groups excluding carboxylic acids is 2. The SMILES string of the molecule is C[C@]12CCC(=NOCCN)CC1C(=O)C[C@@H]1[C@H]2CC[C@]2(C)C(=O)CC[C@@H]12.Cl. The molecule has 0 spiro atoms. The van der Waals surface area contributed by atoms with Gasteiger partial charge in [-0.3, -0.25) is 9.59 Å². The van der Waals surface area contributed by atoms with E-state index in [2.05, 4.69) is 19.0 Å². The molecule has 4 rings (SSSR count). The first kappa shape index (κ1) is 20.8. The Bertz CT molecular complexity index is 651. The van der Waals surface area contributed by atoms with Gasteiger partial charge >= 0.3 is 0 Å². The van der Waals surface area contributed by atoms with Gasteiger partial charge in [0.15, 0.2) is 0 Å². The van der Waals surface area contributed by atoms with Gasteiger partial charge < -0.3 is 10.6 Å². The van der Waals surface area contributed by atoms with Crippen LogP contribution in [0.1, 0.15) is 65.2 Å². The highest BCUT2D eigenvalue weighted by Gasteiger charge is 2.62. The number of hydrogen-bond acceptors (Lipinski definition) is 5. The molecule has 2 N–H and O–H groups in total. The van der Waals surface area contributed by atoms with Crippen molar-refractivity contribution in [1.82, 2.24) is 0 Å². The highest BCUT2D eigenvalue weighted by molar-refractivity contribution is 5.93. The maximum absolute atomic E-state index is 13.1. The quantitative estimate of drug-likeness (QED) is 0.584. The van der Waals surface area contributed by atoms with Gasteiger partial charge in [-0.15, -0.1) is 12.4 Å². The van der Waals surface area contributed by atoms with Crippen molar-refractivity contribution in [3.63, 3.8) is 0 Å². The van der Waals surface area contributed by atoms with E-state index in [1.54, 1.807) is 0 Å². The molecule has 152 valence electrons. The van der Waals surface area contributed by atoms with E-state index in [9.17, 15) is 9.59 Å². The zero-order valence-electron chi connectivity index (χ0n) is 16.5. The van der Waals surface area contributed by atoms with Crippen molar-refractivity contribution >= 4 is 29.7 Å². The van der Waals surface area contributed by atoms with Crippen LogP contribution in [0.3, 0.4) is 0 Å². The van der Waals surface area contributed by atoms with Gasteiger partial charge in [0.2, 0.25) is 0 Å². The molecule has 4 aliphatic rings. The van der Waals surface area contributed by atoms with Crippen molar-refractivity contribution in [2.45, 2.75) is 65.2 Å². The van der Waals surface area contributed by atoms with Gasteiger partial charge in [-0.1, -0.05) is 19.0 Å². The van der Waals surface area contributed by atoms with E-state index in [-0.39, 0.29) is 29.2 Å². The molecule has 5 nitrogen and oxygen atoms in total. The molecule has 6 atom stereocenters. The smallest absolute Gasteiger partial charge is 0.139 e. The highest BCUT2D eigenvalue weighted by Crippen LogP contribution is 2.64. The van der Waals surface area contributed by atoms with Crippen LogP contribution in [0.25, 0.3) is 0 Å². The van der Waals surface area contributed by atoms with Crippen LogP contribution < -0.4 is 5.73 Å². The molecule has 27 heavy (non-hydrogen) atoms. The summed E-state index contributed by atoms with van der Waals surface area (Å²) in [5.74, 6) is 2.29. The van der Waals surface area contributed by atoms with Crippen LogP contribution in [0.2, 0.25) is 0 Å². The lowest BCUT2D eigenvalue weighted by Crippen LogP contribution is -2.56. The predicted molar refractivity (Wildman–Crippen MR) is 107 cm³/mol. The molecule has 1 unspecified atom stereocenters. The van der Waals surface area contributed by atoms with Crippen molar-refractivity contribution in [2.24, 2.45) is 45.4 Å². The number of carbonyl (C=O) groups is 2. The number of fused-ring (bicyclic) bond motifs is 5. The molecule has 4 aliphatic carbocycles. The van der Waals surface area contributed by atoms with Crippen LogP contribution >= 0.6 is 12.4 Å². The standard InChI is InChI=1S/C21H32N2O3.ClH/c1-20-7-5-13(23-26-10-9-22)11-17(20)18(24)12-14-15-3-4-19(25)21(15,2)8-6-16(14)20;/h14-17H,3-12,22H2,1-2H3;1H/t14-,15-,16+,17?,20+,21-;/m0./s1. The molecule has 0 amide bonds. The molecule has 4 fully saturated rings. The van der Waals surface area contributed by atoms with Crippen LogP contribution in [0.4, 0.5) is 0 Å². The third-order valence-corrected chi connectivity index (χ3v) is 8.41. The van der Waals surface area contributed by atoms with Crippen LogP contribution in [-0.4, -0.2) is 30.4 Å². The lowest BCUT2D eigenvalue weighted by molar-refractivity contribution is -0.152. The van der Waals surface area contributed by atoms with Crippen molar-refractivity contribution in [3.8, 4) is 0 Å². The summed E-state index contributed by atoms with van der Waals surface area (Å²) in [6, 6.07) is 0. The number of nitrogens with zero attached hydrogens (tertiary/aromatic N) is 1.